The van der Waals surface area contributed by atoms with Gasteiger partial charge in [0.1, 0.15) is 6.61 Å². The third kappa shape index (κ3) is 4.60. The van der Waals surface area contributed by atoms with Crippen LogP contribution in [0.25, 0.3) is 0 Å². The second kappa shape index (κ2) is 6.50. The summed E-state index contributed by atoms with van der Waals surface area (Å²) in [4.78, 5) is 11.8. The normalized spacial score (nSPS) is 23.1. The lowest BCUT2D eigenvalue weighted by Crippen LogP contribution is -2.46. The summed E-state index contributed by atoms with van der Waals surface area (Å²) in [5, 5.41) is 6.12. The molecule has 1 aliphatic rings. The van der Waals surface area contributed by atoms with E-state index in [0.717, 1.165) is 36.1 Å². The Morgan fingerprint density at radius 3 is 3.11 bits per heavy atom. The van der Waals surface area contributed by atoms with E-state index in [2.05, 4.69) is 26.6 Å². The molecular weight excluding hydrogens is 308 g/mol. The molecule has 5 heteroatoms. The summed E-state index contributed by atoms with van der Waals surface area (Å²) in [5.41, 5.74) is 0.544. The number of benzene rings is 1. The van der Waals surface area contributed by atoms with Crippen LogP contribution < -0.4 is 10.6 Å². The molecule has 2 N–H and O–H groups in total. The van der Waals surface area contributed by atoms with Gasteiger partial charge in [0.2, 0.25) is 5.91 Å². The van der Waals surface area contributed by atoms with Gasteiger partial charge in [-0.05, 0) is 44.5 Å². The summed E-state index contributed by atoms with van der Waals surface area (Å²) in [6.07, 6.45) is 2.08. The number of nitrogens with one attached hydrogen (secondary N) is 2. The third-order valence-electron chi connectivity index (χ3n) is 3.22. The molecule has 2 rings (SSSR count). The first-order chi connectivity index (χ1) is 9.07. The van der Waals surface area contributed by atoms with Crippen LogP contribution >= 0.6 is 15.9 Å². The highest BCUT2D eigenvalue weighted by atomic mass is 79.9. The minimum atomic E-state index is -0.229. The summed E-state index contributed by atoms with van der Waals surface area (Å²) in [6.45, 7) is 3.97. The van der Waals surface area contributed by atoms with Crippen molar-refractivity contribution in [2.75, 3.05) is 25.0 Å². The van der Waals surface area contributed by atoms with Crippen LogP contribution in [-0.4, -0.2) is 31.2 Å². The van der Waals surface area contributed by atoms with E-state index in [1.165, 1.54) is 0 Å². The van der Waals surface area contributed by atoms with Gasteiger partial charge in [-0.1, -0.05) is 22.0 Å². The molecule has 1 saturated heterocycles. The van der Waals surface area contributed by atoms with Gasteiger partial charge in [-0.15, -0.1) is 0 Å². The molecule has 1 heterocycles. The molecule has 104 valence electrons. The summed E-state index contributed by atoms with van der Waals surface area (Å²) in [5.74, 6) is -0.120. The number of carbonyl (C=O) groups excluding carboxylic acids is 1. The van der Waals surface area contributed by atoms with Gasteiger partial charge in [-0.2, -0.15) is 0 Å². The van der Waals surface area contributed by atoms with Crippen molar-refractivity contribution in [3.63, 3.8) is 0 Å². The molecular formula is C14H19BrN2O2. The van der Waals surface area contributed by atoms with Gasteiger partial charge in [-0.3, -0.25) is 4.79 Å². The monoisotopic (exact) mass is 326 g/mol. The maximum atomic E-state index is 11.8. The summed E-state index contributed by atoms with van der Waals surface area (Å²) < 4.78 is 6.69. The molecule has 0 aromatic heterocycles. The molecule has 1 fully saturated rings. The molecule has 0 saturated carbocycles. The fraction of sp³-hybridized carbons (Fsp3) is 0.500. The first-order valence-corrected chi connectivity index (χ1v) is 7.27. The Labute approximate surface area is 122 Å². The van der Waals surface area contributed by atoms with Crippen molar-refractivity contribution in [3.8, 4) is 0 Å². The molecule has 0 radical (unpaired) electrons. The Balaban J connectivity index is 1.81. The standard InChI is InChI=1S/C14H19BrN2O2/c1-14(6-3-7-16-10-14)19-9-13(18)17-12-5-2-4-11(15)8-12/h2,4-5,8,16H,3,6-7,9-10H2,1H3,(H,17,18). The molecule has 0 bridgehead atoms. The SMILES string of the molecule is CC1(OCC(=O)Nc2cccc(Br)c2)CCCNC1. The molecule has 4 nitrogen and oxygen atoms in total. The van der Waals surface area contributed by atoms with Crippen LogP contribution in [0.15, 0.2) is 28.7 Å². The van der Waals surface area contributed by atoms with Crippen molar-refractivity contribution >= 4 is 27.5 Å². The highest BCUT2D eigenvalue weighted by Crippen LogP contribution is 2.20. The maximum Gasteiger partial charge on any atom is 0.250 e. The minimum Gasteiger partial charge on any atom is -0.364 e. The smallest absolute Gasteiger partial charge is 0.250 e. The first kappa shape index (κ1) is 14.5. The van der Waals surface area contributed by atoms with Gasteiger partial charge in [0, 0.05) is 16.7 Å². The number of ether oxygens (including phenoxy) is 1. The van der Waals surface area contributed by atoms with Gasteiger partial charge in [0.25, 0.3) is 0 Å². The van der Waals surface area contributed by atoms with Gasteiger partial charge in [0.05, 0.1) is 5.60 Å². The van der Waals surface area contributed by atoms with Crippen molar-refractivity contribution in [1.29, 1.82) is 0 Å². The third-order valence-corrected chi connectivity index (χ3v) is 3.71. The lowest BCUT2D eigenvalue weighted by atomic mass is 9.96. The average molecular weight is 327 g/mol. The van der Waals surface area contributed by atoms with E-state index in [4.69, 9.17) is 4.74 Å². The van der Waals surface area contributed by atoms with Crippen LogP contribution in [0.1, 0.15) is 19.8 Å². The van der Waals surface area contributed by atoms with E-state index in [1.807, 2.05) is 31.2 Å². The zero-order valence-electron chi connectivity index (χ0n) is 11.0. The second-order valence-corrected chi connectivity index (χ2v) is 5.99. The number of halogens is 1. The van der Waals surface area contributed by atoms with Crippen molar-refractivity contribution in [2.45, 2.75) is 25.4 Å². The Kier molecular flexibility index (Phi) is 4.96. The fourth-order valence-electron chi connectivity index (χ4n) is 2.15. The number of anilines is 1. The zero-order valence-corrected chi connectivity index (χ0v) is 12.6. The van der Waals surface area contributed by atoms with E-state index >= 15 is 0 Å². The molecule has 1 unspecified atom stereocenters. The fourth-order valence-corrected chi connectivity index (χ4v) is 2.55. The van der Waals surface area contributed by atoms with Gasteiger partial charge >= 0.3 is 0 Å². The largest absolute Gasteiger partial charge is 0.364 e. The first-order valence-electron chi connectivity index (χ1n) is 6.48. The molecule has 0 spiro atoms. The number of amides is 1. The second-order valence-electron chi connectivity index (χ2n) is 5.08. The lowest BCUT2D eigenvalue weighted by molar-refractivity contribution is -0.128. The zero-order chi connectivity index (χ0) is 13.7. The van der Waals surface area contributed by atoms with Crippen LogP contribution in [0.3, 0.4) is 0 Å². The number of piperidine rings is 1. The van der Waals surface area contributed by atoms with Gasteiger partial charge < -0.3 is 15.4 Å². The van der Waals surface area contributed by atoms with Crippen molar-refractivity contribution in [1.82, 2.24) is 5.32 Å². The number of rotatable bonds is 4. The number of hydrogen-bond acceptors (Lipinski definition) is 3. The molecule has 1 aliphatic heterocycles. The molecule has 19 heavy (non-hydrogen) atoms. The maximum absolute atomic E-state index is 11.8. The topological polar surface area (TPSA) is 50.4 Å². The highest BCUT2D eigenvalue weighted by molar-refractivity contribution is 9.10. The molecule has 0 aliphatic carbocycles. The number of hydrogen-bond donors (Lipinski definition) is 2. The summed E-state index contributed by atoms with van der Waals surface area (Å²) in [6, 6.07) is 7.52. The molecule has 1 aromatic rings. The minimum absolute atomic E-state index is 0.0880. The van der Waals surface area contributed by atoms with Crippen LogP contribution in [0.2, 0.25) is 0 Å². The predicted molar refractivity (Wildman–Crippen MR) is 79.2 cm³/mol. The molecule has 1 amide bonds. The van der Waals surface area contributed by atoms with Crippen molar-refractivity contribution < 1.29 is 9.53 Å². The van der Waals surface area contributed by atoms with Crippen LogP contribution in [0.4, 0.5) is 5.69 Å². The quantitative estimate of drug-likeness (QED) is 0.894. The lowest BCUT2D eigenvalue weighted by Gasteiger charge is -2.33. The Morgan fingerprint density at radius 2 is 2.42 bits per heavy atom. The Hall–Kier alpha value is -0.910. The molecule has 1 aromatic carbocycles. The van der Waals surface area contributed by atoms with Crippen molar-refractivity contribution in [3.05, 3.63) is 28.7 Å². The Bertz CT molecular complexity index is 445. The summed E-state index contributed by atoms with van der Waals surface area (Å²) in [7, 11) is 0. The summed E-state index contributed by atoms with van der Waals surface area (Å²) >= 11 is 3.37. The average Bonchev–Trinajstić information content (AvgIpc) is 2.38. The predicted octanol–water partition coefficient (Wildman–Crippen LogP) is 2.55. The van der Waals surface area contributed by atoms with E-state index in [0.29, 0.717) is 0 Å². The van der Waals surface area contributed by atoms with Crippen LogP contribution in [-0.2, 0) is 9.53 Å². The Morgan fingerprint density at radius 1 is 1.58 bits per heavy atom. The highest BCUT2D eigenvalue weighted by Gasteiger charge is 2.28. The van der Waals surface area contributed by atoms with E-state index in [1.54, 1.807) is 0 Å². The van der Waals surface area contributed by atoms with Gasteiger partial charge in [0.15, 0.2) is 0 Å². The van der Waals surface area contributed by atoms with E-state index in [-0.39, 0.29) is 18.1 Å². The van der Waals surface area contributed by atoms with E-state index in [9.17, 15) is 4.79 Å². The molecule has 1 atom stereocenters. The van der Waals surface area contributed by atoms with Crippen LogP contribution in [0, 0.1) is 0 Å². The number of carbonyl (C=O) groups is 1. The van der Waals surface area contributed by atoms with Crippen molar-refractivity contribution in [2.24, 2.45) is 0 Å². The van der Waals surface area contributed by atoms with Crippen LogP contribution in [0.5, 0.6) is 0 Å². The van der Waals surface area contributed by atoms with E-state index < -0.39 is 0 Å². The van der Waals surface area contributed by atoms with Gasteiger partial charge in [-0.25, -0.2) is 0 Å².